The summed E-state index contributed by atoms with van der Waals surface area (Å²) in [5.41, 5.74) is 0. The molecule has 0 bridgehead atoms. The van der Waals surface area contributed by atoms with Crippen molar-refractivity contribution < 1.29 is 19.4 Å². The third-order valence-electron chi connectivity index (χ3n) is 3.12. The Hall–Kier alpha value is -1.77. The van der Waals surface area contributed by atoms with Gasteiger partial charge in [0.1, 0.15) is 9.88 Å². The number of thiazole rings is 1. The maximum atomic E-state index is 12.5. The Morgan fingerprint density at radius 2 is 2.33 bits per heavy atom. The zero-order valence-corrected chi connectivity index (χ0v) is 12.5. The van der Waals surface area contributed by atoms with Gasteiger partial charge in [0.2, 0.25) is 0 Å². The van der Waals surface area contributed by atoms with Gasteiger partial charge in [-0.2, -0.15) is 0 Å². The molecule has 3 rings (SSSR count). The molecule has 1 fully saturated rings. The van der Waals surface area contributed by atoms with E-state index in [2.05, 4.69) is 4.98 Å². The Kier molecular flexibility index (Phi) is 4.00. The molecule has 0 spiro atoms. The van der Waals surface area contributed by atoms with E-state index in [1.807, 2.05) is 17.5 Å². The Bertz CT molecular complexity index is 653. The van der Waals surface area contributed by atoms with Crippen LogP contribution in [0.5, 0.6) is 0 Å². The number of carboxylic acids is 1. The normalized spacial score (nSPS) is 18.7. The highest BCUT2D eigenvalue weighted by Crippen LogP contribution is 2.29. The summed E-state index contributed by atoms with van der Waals surface area (Å²) in [5.74, 6) is -1.35. The van der Waals surface area contributed by atoms with Crippen LogP contribution in [0.3, 0.4) is 0 Å². The number of amides is 1. The van der Waals surface area contributed by atoms with E-state index < -0.39 is 12.0 Å². The number of thiophene rings is 1. The average molecular weight is 324 g/mol. The first kappa shape index (κ1) is 14.2. The van der Waals surface area contributed by atoms with Crippen LogP contribution < -0.4 is 0 Å². The second kappa shape index (κ2) is 5.92. The van der Waals surface area contributed by atoms with E-state index in [1.165, 1.54) is 22.4 Å². The number of carboxylic acid groups (broad SMARTS) is 1. The number of carbonyl (C=O) groups is 2. The zero-order valence-electron chi connectivity index (χ0n) is 10.9. The van der Waals surface area contributed by atoms with Crippen LogP contribution in [0.15, 0.2) is 23.7 Å². The molecule has 1 aliphatic rings. The second-order valence-electron chi connectivity index (χ2n) is 4.43. The lowest BCUT2D eigenvalue weighted by Gasteiger charge is -2.32. The molecule has 2 aromatic heterocycles. The molecular formula is C13H12N2O4S2. The molecule has 3 heterocycles. The molecule has 0 aromatic carbocycles. The Labute approximate surface area is 128 Å². The molecule has 8 heteroatoms. The highest BCUT2D eigenvalue weighted by Gasteiger charge is 2.34. The minimum Gasteiger partial charge on any atom is -0.480 e. The van der Waals surface area contributed by atoms with Gasteiger partial charge in [-0.1, -0.05) is 6.07 Å². The van der Waals surface area contributed by atoms with Crippen LogP contribution in [0.1, 0.15) is 9.67 Å². The molecule has 21 heavy (non-hydrogen) atoms. The van der Waals surface area contributed by atoms with Gasteiger partial charge in [-0.05, 0) is 11.4 Å². The van der Waals surface area contributed by atoms with Crippen LogP contribution in [0.25, 0.3) is 9.88 Å². The molecule has 1 amide bonds. The lowest BCUT2D eigenvalue weighted by molar-refractivity contribution is -0.147. The summed E-state index contributed by atoms with van der Waals surface area (Å²) in [4.78, 5) is 30.7. The van der Waals surface area contributed by atoms with Crippen molar-refractivity contribution in [2.24, 2.45) is 0 Å². The Balaban J connectivity index is 1.83. The Morgan fingerprint density at radius 3 is 3.05 bits per heavy atom. The molecule has 0 saturated carbocycles. The van der Waals surface area contributed by atoms with Gasteiger partial charge in [0.25, 0.3) is 5.91 Å². The van der Waals surface area contributed by atoms with Gasteiger partial charge < -0.3 is 14.7 Å². The predicted molar refractivity (Wildman–Crippen MR) is 78.7 cm³/mol. The number of aromatic nitrogens is 1. The van der Waals surface area contributed by atoms with E-state index in [4.69, 9.17) is 4.74 Å². The number of hydrogen-bond acceptors (Lipinski definition) is 6. The summed E-state index contributed by atoms with van der Waals surface area (Å²) in [7, 11) is 0. The fourth-order valence-electron chi connectivity index (χ4n) is 2.08. The van der Waals surface area contributed by atoms with Gasteiger partial charge in [-0.25, -0.2) is 9.78 Å². The molecule has 1 saturated heterocycles. The van der Waals surface area contributed by atoms with Crippen LogP contribution in [0.4, 0.5) is 0 Å². The standard InChI is InChI=1S/C13H12N2O4S2/c16-12(15-3-4-19-7-8(15)13(17)18)10-6-14-11(21-10)9-2-1-5-20-9/h1-2,5-6,8H,3-4,7H2,(H,17,18)/t8-/m0/s1. The lowest BCUT2D eigenvalue weighted by Crippen LogP contribution is -2.52. The van der Waals surface area contributed by atoms with Crippen LogP contribution in [0, 0.1) is 0 Å². The summed E-state index contributed by atoms with van der Waals surface area (Å²) < 4.78 is 5.14. The second-order valence-corrected chi connectivity index (χ2v) is 6.41. The van der Waals surface area contributed by atoms with E-state index >= 15 is 0 Å². The predicted octanol–water partition coefficient (Wildman–Crippen LogP) is 1.80. The molecular weight excluding hydrogens is 312 g/mol. The van der Waals surface area contributed by atoms with Gasteiger partial charge in [0.15, 0.2) is 6.04 Å². The van der Waals surface area contributed by atoms with Gasteiger partial charge in [0.05, 0.1) is 24.3 Å². The molecule has 0 radical (unpaired) electrons. The molecule has 0 unspecified atom stereocenters. The fraction of sp³-hybridized carbons (Fsp3) is 0.308. The van der Waals surface area contributed by atoms with E-state index in [9.17, 15) is 14.7 Å². The monoisotopic (exact) mass is 324 g/mol. The zero-order chi connectivity index (χ0) is 14.8. The topological polar surface area (TPSA) is 79.7 Å². The number of nitrogens with zero attached hydrogens (tertiary/aromatic N) is 2. The number of rotatable bonds is 3. The molecule has 1 aliphatic heterocycles. The average Bonchev–Trinajstić information content (AvgIpc) is 3.17. The summed E-state index contributed by atoms with van der Waals surface area (Å²) >= 11 is 2.83. The highest BCUT2D eigenvalue weighted by molar-refractivity contribution is 7.21. The molecule has 2 aromatic rings. The van der Waals surface area contributed by atoms with Crippen molar-refractivity contribution >= 4 is 34.6 Å². The molecule has 0 aliphatic carbocycles. The van der Waals surface area contributed by atoms with E-state index in [1.54, 1.807) is 11.3 Å². The first-order chi connectivity index (χ1) is 10.2. The van der Waals surface area contributed by atoms with Crippen LogP contribution in [0.2, 0.25) is 0 Å². The van der Waals surface area contributed by atoms with Crippen molar-refractivity contribution in [2.75, 3.05) is 19.8 Å². The molecule has 1 atom stereocenters. The van der Waals surface area contributed by atoms with Gasteiger partial charge >= 0.3 is 5.97 Å². The number of ether oxygens (including phenoxy) is 1. The largest absolute Gasteiger partial charge is 0.480 e. The van der Waals surface area contributed by atoms with Gasteiger partial charge in [-0.15, -0.1) is 22.7 Å². The Morgan fingerprint density at radius 1 is 1.48 bits per heavy atom. The first-order valence-corrected chi connectivity index (χ1v) is 7.97. The third kappa shape index (κ3) is 2.82. The maximum Gasteiger partial charge on any atom is 0.328 e. The summed E-state index contributed by atoms with van der Waals surface area (Å²) in [6.45, 7) is 0.659. The summed E-state index contributed by atoms with van der Waals surface area (Å²) in [6.07, 6.45) is 1.51. The lowest BCUT2D eigenvalue weighted by atomic mass is 10.2. The van der Waals surface area contributed by atoms with Crippen molar-refractivity contribution in [3.05, 3.63) is 28.6 Å². The van der Waals surface area contributed by atoms with E-state index in [-0.39, 0.29) is 19.1 Å². The summed E-state index contributed by atoms with van der Waals surface area (Å²) in [5, 5.41) is 11.9. The number of morpholine rings is 1. The molecule has 110 valence electrons. The molecule has 6 nitrogen and oxygen atoms in total. The number of aliphatic carboxylic acids is 1. The van der Waals surface area contributed by atoms with Crippen molar-refractivity contribution in [1.82, 2.24) is 9.88 Å². The fourth-order valence-corrected chi connectivity index (χ4v) is 3.76. The minimum absolute atomic E-state index is 0.0255. The third-order valence-corrected chi connectivity index (χ3v) is 5.15. The SMILES string of the molecule is O=C(O)[C@@H]1COCCN1C(=O)c1cnc(-c2cccs2)s1. The number of carbonyl (C=O) groups excluding carboxylic acids is 1. The van der Waals surface area contributed by atoms with Crippen molar-refractivity contribution in [3.63, 3.8) is 0 Å². The van der Waals surface area contributed by atoms with E-state index in [0.29, 0.717) is 11.5 Å². The van der Waals surface area contributed by atoms with Gasteiger partial charge in [-0.3, -0.25) is 4.79 Å². The summed E-state index contributed by atoms with van der Waals surface area (Å²) in [6, 6.07) is 2.93. The first-order valence-electron chi connectivity index (χ1n) is 6.28. The van der Waals surface area contributed by atoms with Crippen molar-refractivity contribution in [1.29, 1.82) is 0 Å². The smallest absolute Gasteiger partial charge is 0.328 e. The van der Waals surface area contributed by atoms with Crippen molar-refractivity contribution in [2.45, 2.75) is 6.04 Å². The van der Waals surface area contributed by atoms with E-state index in [0.717, 1.165) is 9.88 Å². The van der Waals surface area contributed by atoms with Gasteiger partial charge in [0, 0.05) is 6.54 Å². The van der Waals surface area contributed by atoms with Crippen molar-refractivity contribution in [3.8, 4) is 9.88 Å². The van der Waals surface area contributed by atoms with Crippen LogP contribution in [-0.2, 0) is 9.53 Å². The molecule has 1 N–H and O–H groups in total. The minimum atomic E-state index is -1.05. The number of hydrogen-bond donors (Lipinski definition) is 1. The van der Waals surface area contributed by atoms with Crippen LogP contribution in [-0.4, -0.2) is 52.7 Å². The quantitative estimate of drug-likeness (QED) is 0.931. The van der Waals surface area contributed by atoms with Crippen LogP contribution >= 0.6 is 22.7 Å². The highest BCUT2D eigenvalue weighted by atomic mass is 32.1. The maximum absolute atomic E-state index is 12.5.